The molecule has 3 aromatic rings. The minimum atomic E-state index is -1.04. The van der Waals surface area contributed by atoms with Crippen LogP contribution in [-0.2, 0) is 24.2 Å². The van der Waals surface area contributed by atoms with Gasteiger partial charge in [0.05, 0.1) is 10.9 Å². The van der Waals surface area contributed by atoms with Crippen molar-refractivity contribution in [2.75, 3.05) is 0 Å². The predicted molar refractivity (Wildman–Crippen MR) is 87.5 cm³/mol. The van der Waals surface area contributed by atoms with E-state index in [0.29, 0.717) is 16.6 Å². The van der Waals surface area contributed by atoms with E-state index in [1.807, 2.05) is 0 Å². The highest BCUT2D eigenvalue weighted by Crippen LogP contribution is 2.20. The number of halogens is 2. The number of pyridine rings is 1. The smallest absolute Gasteiger partial charge is 0.323 e. The van der Waals surface area contributed by atoms with Crippen molar-refractivity contribution in [3.05, 3.63) is 68.1 Å². The lowest BCUT2D eigenvalue weighted by atomic mass is 10.1. The number of aliphatic carboxylic acids is 1. The lowest BCUT2D eigenvalue weighted by molar-refractivity contribution is -0.137. The number of hydrogen-bond donors (Lipinski definition) is 1. The molecule has 0 spiro atoms. The van der Waals surface area contributed by atoms with Crippen LogP contribution in [0.15, 0.2) is 39.8 Å². The Hall–Kier alpha value is -2.54. The molecule has 1 aromatic carbocycles. The molecular weight excluding hydrogens is 336 g/mol. The van der Waals surface area contributed by atoms with Gasteiger partial charge >= 0.3 is 5.97 Å². The van der Waals surface area contributed by atoms with E-state index in [1.54, 1.807) is 10.8 Å². The van der Waals surface area contributed by atoms with Crippen LogP contribution in [0.3, 0.4) is 0 Å². The minimum absolute atomic E-state index is 0.165. The number of aromatic nitrogens is 1. The standard InChI is InChI=1S/C17H13F2NO3S/c18-13-3-1-2-10(17(13)19)4-5-11-6-15(21)12-8-24-9-14(12)20(11)7-16(22)23/h1-3,6,8-9H,4-5,7H2,(H,22,23). The summed E-state index contributed by atoms with van der Waals surface area (Å²) in [6.45, 7) is -0.297. The van der Waals surface area contributed by atoms with Gasteiger partial charge in [0.1, 0.15) is 6.54 Å². The minimum Gasteiger partial charge on any atom is -0.480 e. The van der Waals surface area contributed by atoms with Gasteiger partial charge in [-0.1, -0.05) is 12.1 Å². The molecule has 0 aliphatic heterocycles. The lowest BCUT2D eigenvalue weighted by Crippen LogP contribution is -2.18. The fourth-order valence-corrected chi connectivity index (χ4v) is 3.50. The fraction of sp³-hybridized carbons (Fsp3) is 0.176. The van der Waals surface area contributed by atoms with Gasteiger partial charge in [-0.3, -0.25) is 9.59 Å². The Morgan fingerprint density at radius 1 is 1.21 bits per heavy atom. The molecule has 0 saturated carbocycles. The molecule has 124 valence electrons. The zero-order valence-electron chi connectivity index (χ0n) is 12.5. The fourth-order valence-electron chi connectivity index (χ4n) is 2.68. The van der Waals surface area contributed by atoms with Gasteiger partial charge in [0.2, 0.25) is 0 Å². The first-order chi connectivity index (χ1) is 11.5. The molecule has 0 aliphatic carbocycles. The molecule has 24 heavy (non-hydrogen) atoms. The van der Waals surface area contributed by atoms with Gasteiger partial charge in [-0.2, -0.15) is 0 Å². The van der Waals surface area contributed by atoms with Gasteiger partial charge in [0, 0.05) is 22.5 Å². The number of hydrogen-bond acceptors (Lipinski definition) is 3. The summed E-state index contributed by atoms with van der Waals surface area (Å²) < 4.78 is 28.6. The monoisotopic (exact) mass is 349 g/mol. The molecule has 0 bridgehead atoms. The van der Waals surface area contributed by atoms with Gasteiger partial charge < -0.3 is 9.67 Å². The summed E-state index contributed by atoms with van der Waals surface area (Å²) in [5, 5.41) is 13.0. The summed E-state index contributed by atoms with van der Waals surface area (Å²) in [7, 11) is 0. The summed E-state index contributed by atoms with van der Waals surface area (Å²) in [5.74, 6) is -2.88. The Morgan fingerprint density at radius 2 is 2.00 bits per heavy atom. The largest absolute Gasteiger partial charge is 0.480 e. The van der Waals surface area contributed by atoms with Gasteiger partial charge in [-0.05, 0) is 24.5 Å². The molecule has 2 aromatic heterocycles. The molecule has 0 amide bonds. The lowest BCUT2D eigenvalue weighted by Gasteiger charge is -2.13. The second-order valence-electron chi connectivity index (χ2n) is 5.36. The van der Waals surface area contributed by atoms with E-state index in [-0.39, 0.29) is 30.4 Å². The van der Waals surface area contributed by atoms with Crippen molar-refractivity contribution in [3.63, 3.8) is 0 Å². The second kappa shape index (κ2) is 6.52. The summed E-state index contributed by atoms with van der Waals surface area (Å²) >= 11 is 1.31. The predicted octanol–water partition coefficient (Wildman–Crippen LogP) is 3.21. The Bertz CT molecular complexity index is 978. The summed E-state index contributed by atoms with van der Waals surface area (Å²) in [5.41, 5.74) is 1.01. The molecule has 1 N–H and O–H groups in total. The molecule has 4 nitrogen and oxygen atoms in total. The van der Waals surface area contributed by atoms with Crippen LogP contribution in [0.5, 0.6) is 0 Å². The number of carbonyl (C=O) groups is 1. The number of fused-ring (bicyclic) bond motifs is 1. The first kappa shape index (κ1) is 16.3. The average molecular weight is 349 g/mol. The third kappa shape index (κ3) is 3.07. The van der Waals surface area contributed by atoms with Crippen molar-refractivity contribution in [1.82, 2.24) is 4.57 Å². The summed E-state index contributed by atoms with van der Waals surface area (Å²) in [6, 6.07) is 5.30. The number of thiophene rings is 1. The third-order valence-corrected chi connectivity index (χ3v) is 4.55. The van der Waals surface area contributed by atoms with Crippen LogP contribution < -0.4 is 5.43 Å². The van der Waals surface area contributed by atoms with E-state index in [2.05, 4.69) is 0 Å². The van der Waals surface area contributed by atoms with Crippen LogP contribution in [0.25, 0.3) is 10.9 Å². The van der Waals surface area contributed by atoms with Crippen molar-refractivity contribution >= 4 is 28.2 Å². The van der Waals surface area contributed by atoms with Gasteiger partial charge in [0.15, 0.2) is 17.1 Å². The highest BCUT2D eigenvalue weighted by molar-refractivity contribution is 7.09. The molecule has 0 saturated heterocycles. The van der Waals surface area contributed by atoms with E-state index >= 15 is 0 Å². The van der Waals surface area contributed by atoms with E-state index in [9.17, 15) is 18.4 Å². The van der Waals surface area contributed by atoms with E-state index < -0.39 is 17.6 Å². The van der Waals surface area contributed by atoms with E-state index in [0.717, 1.165) is 6.07 Å². The maximum absolute atomic E-state index is 13.8. The molecule has 0 atom stereocenters. The number of rotatable bonds is 5. The highest BCUT2D eigenvalue weighted by atomic mass is 32.1. The maximum atomic E-state index is 13.8. The van der Waals surface area contributed by atoms with Crippen LogP contribution in [0.2, 0.25) is 0 Å². The molecule has 7 heteroatoms. The third-order valence-electron chi connectivity index (χ3n) is 3.82. The molecule has 2 heterocycles. The Balaban J connectivity index is 2.00. The molecular formula is C17H13F2NO3S. The second-order valence-corrected chi connectivity index (χ2v) is 6.11. The summed E-state index contributed by atoms with van der Waals surface area (Å²) in [4.78, 5) is 23.3. The zero-order chi connectivity index (χ0) is 17.3. The topological polar surface area (TPSA) is 59.3 Å². The van der Waals surface area contributed by atoms with Gasteiger partial charge in [-0.15, -0.1) is 11.3 Å². The summed E-state index contributed by atoms with van der Waals surface area (Å²) in [6.07, 6.45) is 0.396. The molecule has 3 rings (SSSR count). The van der Waals surface area contributed by atoms with Crippen molar-refractivity contribution in [2.24, 2.45) is 0 Å². The highest BCUT2D eigenvalue weighted by Gasteiger charge is 2.14. The maximum Gasteiger partial charge on any atom is 0.323 e. The van der Waals surface area contributed by atoms with Crippen LogP contribution in [-0.4, -0.2) is 15.6 Å². The Kier molecular flexibility index (Phi) is 4.44. The van der Waals surface area contributed by atoms with Crippen LogP contribution in [0, 0.1) is 11.6 Å². The average Bonchev–Trinajstić information content (AvgIpc) is 3.02. The molecule has 0 fully saturated rings. The van der Waals surface area contributed by atoms with Crippen LogP contribution in [0.4, 0.5) is 8.78 Å². The Morgan fingerprint density at radius 3 is 2.75 bits per heavy atom. The van der Waals surface area contributed by atoms with E-state index in [1.165, 1.54) is 34.1 Å². The van der Waals surface area contributed by atoms with Crippen molar-refractivity contribution in [2.45, 2.75) is 19.4 Å². The van der Waals surface area contributed by atoms with Crippen molar-refractivity contribution in [1.29, 1.82) is 0 Å². The molecule has 0 aliphatic rings. The van der Waals surface area contributed by atoms with Crippen molar-refractivity contribution < 1.29 is 18.7 Å². The zero-order valence-corrected chi connectivity index (χ0v) is 13.3. The van der Waals surface area contributed by atoms with Gasteiger partial charge in [-0.25, -0.2) is 8.78 Å². The first-order valence-electron chi connectivity index (χ1n) is 7.20. The quantitative estimate of drug-likeness (QED) is 0.769. The first-order valence-corrected chi connectivity index (χ1v) is 8.15. The molecule has 0 unspecified atom stereocenters. The number of benzene rings is 1. The van der Waals surface area contributed by atoms with E-state index in [4.69, 9.17) is 5.11 Å². The molecule has 0 radical (unpaired) electrons. The van der Waals surface area contributed by atoms with Crippen molar-refractivity contribution in [3.8, 4) is 0 Å². The van der Waals surface area contributed by atoms with Crippen LogP contribution in [0.1, 0.15) is 11.3 Å². The Labute approximate surface area is 139 Å². The number of nitrogens with zero attached hydrogens (tertiary/aromatic N) is 1. The number of carboxylic acid groups (broad SMARTS) is 1. The normalized spacial score (nSPS) is 11.1. The number of carboxylic acids is 1. The van der Waals surface area contributed by atoms with Crippen LogP contribution >= 0.6 is 11.3 Å². The SMILES string of the molecule is O=C(O)Cn1c(CCc2cccc(F)c2F)cc(=O)c2cscc21. The van der Waals surface area contributed by atoms with Gasteiger partial charge in [0.25, 0.3) is 0 Å². The number of aryl methyl sites for hydroxylation is 2.